The molecule has 0 amide bonds. The highest BCUT2D eigenvalue weighted by Crippen LogP contribution is 2.42. The predicted octanol–water partition coefficient (Wildman–Crippen LogP) is 6.29. The molecule has 0 aliphatic heterocycles. The van der Waals surface area contributed by atoms with Crippen LogP contribution in [-0.4, -0.2) is 22.8 Å². The van der Waals surface area contributed by atoms with Gasteiger partial charge >= 0.3 is 6.18 Å². The van der Waals surface area contributed by atoms with E-state index < -0.39 is 12.8 Å². The van der Waals surface area contributed by atoms with E-state index in [1.165, 1.54) is 0 Å². The topological polar surface area (TPSA) is 37.9 Å². The summed E-state index contributed by atoms with van der Waals surface area (Å²) in [6.07, 6.45) is -2.79. The molecule has 0 aliphatic carbocycles. The van der Waals surface area contributed by atoms with Crippen molar-refractivity contribution in [3.63, 3.8) is 0 Å². The lowest BCUT2D eigenvalue weighted by atomic mass is 9.97. The Bertz CT molecular complexity index is 1150. The zero-order chi connectivity index (χ0) is 19.2. The lowest BCUT2D eigenvalue weighted by molar-refractivity contribution is -0.153. The molecule has 4 rings (SSSR count). The quantitative estimate of drug-likeness (QED) is 0.418. The molecule has 0 saturated heterocycles. The lowest BCUT2D eigenvalue weighted by Crippen LogP contribution is -2.19. The Hall–Kier alpha value is -2.73. The zero-order valence-corrected chi connectivity index (χ0v) is 14.9. The molecule has 0 aliphatic rings. The van der Waals surface area contributed by atoms with Crippen LogP contribution >= 0.6 is 11.6 Å². The largest absolute Gasteiger partial charge is 0.483 e. The summed E-state index contributed by atoms with van der Waals surface area (Å²) in [5, 5.41) is 1.39. The number of fused-ring (bicyclic) bond motifs is 3. The van der Waals surface area contributed by atoms with Gasteiger partial charge in [-0.25, -0.2) is 4.98 Å². The minimum atomic E-state index is -4.46. The lowest BCUT2D eigenvalue weighted by Gasteiger charge is -2.17. The van der Waals surface area contributed by atoms with Crippen molar-refractivity contribution in [2.45, 2.75) is 13.1 Å². The molecule has 0 saturated carbocycles. The number of ether oxygens (including phenoxy) is 1. The van der Waals surface area contributed by atoms with Gasteiger partial charge in [0.1, 0.15) is 10.9 Å². The fourth-order valence-corrected chi connectivity index (χ4v) is 3.46. The van der Waals surface area contributed by atoms with Crippen molar-refractivity contribution in [1.29, 1.82) is 0 Å². The number of nitrogens with one attached hydrogen (secondary N) is 1. The molecule has 7 heteroatoms. The number of nitrogens with zero attached hydrogens (tertiary/aromatic N) is 1. The maximum absolute atomic E-state index is 12.9. The van der Waals surface area contributed by atoms with E-state index in [0.717, 1.165) is 11.1 Å². The normalized spacial score (nSPS) is 12.0. The van der Waals surface area contributed by atoms with Gasteiger partial charge in [0.25, 0.3) is 0 Å². The first kappa shape index (κ1) is 17.7. The number of benzene rings is 2. The summed E-state index contributed by atoms with van der Waals surface area (Å²) in [4.78, 5) is 7.37. The average molecular weight is 391 g/mol. The second kappa shape index (κ2) is 6.46. The standard InChI is InChI=1S/C20H14ClF3N2O/c1-11-4-2-3-5-12(11)13-6-7-15-16(18(13)27-10-20(22,23)24)17-14(8-9-25-17)19(21)26-15/h2-9,25H,10H2,1H3. The van der Waals surface area contributed by atoms with Crippen LogP contribution in [0.5, 0.6) is 5.75 Å². The molecule has 138 valence electrons. The summed E-state index contributed by atoms with van der Waals surface area (Å²) >= 11 is 6.21. The van der Waals surface area contributed by atoms with Crippen LogP contribution in [0.1, 0.15) is 5.56 Å². The van der Waals surface area contributed by atoms with Crippen LogP contribution in [0.15, 0.2) is 48.7 Å². The molecule has 1 N–H and O–H groups in total. The van der Waals surface area contributed by atoms with E-state index in [0.29, 0.717) is 27.4 Å². The van der Waals surface area contributed by atoms with Gasteiger partial charge in [-0.05, 0) is 36.2 Å². The van der Waals surface area contributed by atoms with E-state index >= 15 is 0 Å². The second-order valence-corrected chi connectivity index (χ2v) is 6.58. The molecule has 2 heterocycles. The van der Waals surface area contributed by atoms with E-state index in [4.69, 9.17) is 16.3 Å². The molecule has 0 radical (unpaired) electrons. The highest BCUT2D eigenvalue weighted by Gasteiger charge is 2.30. The Balaban J connectivity index is 2.06. The summed E-state index contributed by atoms with van der Waals surface area (Å²) in [5.41, 5.74) is 3.36. The third kappa shape index (κ3) is 3.21. The van der Waals surface area contributed by atoms with Crippen LogP contribution in [-0.2, 0) is 0 Å². The van der Waals surface area contributed by atoms with Crippen molar-refractivity contribution >= 4 is 33.4 Å². The SMILES string of the molecule is Cc1ccccc1-c1ccc2nc(Cl)c3cc[nH]c3c2c1OCC(F)(F)F. The van der Waals surface area contributed by atoms with Gasteiger partial charge in [-0.2, -0.15) is 13.2 Å². The molecular weight excluding hydrogens is 377 g/mol. The number of hydrogen-bond donors (Lipinski definition) is 1. The third-order valence-corrected chi connectivity index (χ3v) is 4.68. The molecule has 0 fully saturated rings. The van der Waals surface area contributed by atoms with E-state index in [-0.39, 0.29) is 10.9 Å². The smallest absolute Gasteiger partial charge is 0.422 e. The van der Waals surface area contributed by atoms with Gasteiger partial charge in [-0.15, -0.1) is 0 Å². The second-order valence-electron chi connectivity index (χ2n) is 6.22. The minimum Gasteiger partial charge on any atom is -0.483 e. The summed E-state index contributed by atoms with van der Waals surface area (Å²) < 4.78 is 44.0. The molecule has 3 nitrogen and oxygen atoms in total. The molecule has 4 aromatic rings. The molecule has 27 heavy (non-hydrogen) atoms. The first-order chi connectivity index (χ1) is 12.8. The van der Waals surface area contributed by atoms with Gasteiger partial charge in [0.15, 0.2) is 6.61 Å². The van der Waals surface area contributed by atoms with Crippen molar-refractivity contribution in [3.05, 3.63) is 59.4 Å². The Labute approximate surface area is 157 Å². The molecule has 0 spiro atoms. The molecule has 0 atom stereocenters. The van der Waals surface area contributed by atoms with Gasteiger partial charge < -0.3 is 9.72 Å². The molecule has 2 aromatic carbocycles. The number of pyridine rings is 1. The van der Waals surface area contributed by atoms with Crippen molar-refractivity contribution < 1.29 is 17.9 Å². The van der Waals surface area contributed by atoms with Crippen molar-refractivity contribution in [1.82, 2.24) is 9.97 Å². The highest BCUT2D eigenvalue weighted by atomic mass is 35.5. The Morgan fingerprint density at radius 1 is 1.07 bits per heavy atom. The van der Waals surface area contributed by atoms with Crippen molar-refractivity contribution in [2.24, 2.45) is 0 Å². The predicted molar refractivity (Wildman–Crippen MR) is 100 cm³/mol. The first-order valence-corrected chi connectivity index (χ1v) is 8.58. The number of H-pyrrole nitrogens is 1. The maximum atomic E-state index is 12.9. The van der Waals surface area contributed by atoms with Crippen LogP contribution in [0.4, 0.5) is 13.2 Å². The summed E-state index contributed by atoms with van der Waals surface area (Å²) in [5.74, 6) is 0.135. The van der Waals surface area contributed by atoms with E-state index in [1.807, 2.05) is 31.2 Å². The van der Waals surface area contributed by atoms with Gasteiger partial charge in [-0.3, -0.25) is 0 Å². The van der Waals surface area contributed by atoms with Crippen LogP contribution in [0.3, 0.4) is 0 Å². The number of aromatic amines is 1. The van der Waals surface area contributed by atoms with Gasteiger partial charge in [0, 0.05) is 17.1 Å². The van der Waals surface area contributed by atoms with Crippen molar-refractivity contribution in [3.8, 4) is 16.9 Å². The van der Waals surface area contributed by atoms with Gasteiger partial charge in [-0.1, -0.05) is 35.9 Å². The first-order valence-electron chi connectivity index (χ1n) is 8.20. The van der Waals surface area contributed by atoms with E-state index in [1.54, 1.807) is 24.4 Å². The number of aryl methyl sites for hydroxylation is 1. The number of aromatic nitrogens is 2. The number of halogens is 4. The molecule has 0 bridgehead atoms. The van der Waals surface area contributed by atoms with Crippen LogP contribution in [0, 0.1) is 6.92 Å². The Morgan fingerprint density at radius 2 is 1.85 bits per heavy atom. The summed E-state index contributed by atoms with van der Waals surface area (Å²) in [7, 11) is 0. The summed E-state index contributed by atoms with van der Waals surface area (Å²) in [6.45, 7) is 0.507. The van der Waals surface area contributed by atoms with Crippen molar-refractivity contribution in [2.75, 3.05) is 6.61 Å². The van der Waals surface area contributed by atoms with Gasteiger partial charge in [0.05, 0.1) is 16.4 Å². The molecule has 0 unspecified atom stereocenters. The number of hydrogen-bond acceptors (Lipinski definition) is 2. The number of rotatable bonds is 3. The fourth-order valence-electron chi connectivity index (χ4n) is 3.21. The monoisotopic (exact) mass is 390 g/mol. The number of alkyl halides is 3. The van der Waals surface area contributed by atoms with E-state index in [9.17, 15) is 13.2 Å². The molecular formula is C20H14ClF3N2O. The average Bonchev–Trinajstić information content (AvgIpc) is 3.10. The summed E-state index contributed by atoms with van der Waals surface area (Å²) in [6, 6.07) is 12.7. The van der Waals surface area contributed by atoms with Gasteiger partial charge in [0.2, 0.25) is 0 Å². The van der Waals surface area contributed by atoms with Crippen LogP contribution < -0.4 is 4.74 Å². The minimum absolute atomic E-state index is 0.135. The van der Waals surface area contributed by atoms with Crippen LogP contribution in [0.2, 0.25) is 5.15 Å². The van der Waals surface area contributed by atoms with Crippen LogP contribution in [0.25, 0.3) is 32.9 Å². The maximum Gasteiger partial charge on any atom is 0.422 e. The Morgan fingerprint density at radius 3 is 2.59 bits per heavy atom. The third-order valence-electron chi connectivity index (χ3n) is 4.39. The zero-order valence-electron chi connectivity index (χ0n) is 14.2. The van der Waals surface area contributed by atoms with E-state index in [2.05, 4.69) is 9.97 Å². The fraction of sp³-hybridized carbons (Fsp3) is 0.150. The Kier molecular flexibility index (Phi) is 4.23. The molecule has 2 aromatic heterocycles. The highest BCUT2D eigenvalue weighted by molar-refractivity contribution is 6.35.